The van der Waals surface area contributed by atoms with Crippen LogP contribution in [0.15, 0.2) is 291 Å². The zero-order valence-electron chi connectivity index (χ0n) is 49.5. The Bertz CT molecular complexity index is 5180. The fraction of sp³-hybridized carbons (Fsp3) is 0.0488. The van der Waals surface area contributed by atoms with Crippen LogP contribution in [0.25, 0.3) is 82.5 Å². The van der Waals surface area contributed by atoms with Crippen LogP contribution in [0.3, 0.4) is 0 Å². The Morgan fingerprint density at radius 2 is 0.523 bits per heavy atom. The second-order valence-corrected chi connectivity index (χ2v) is 32.2. The van der Waals surface area contributed by atoms with Crippen molar-refractivity contribution in [2.45, 2.75) is 27.7 Å². The van der Waals surface area contributed by atoms with Gasteiger partial charge in [0.05, 0.1) is 33.1 Å². The highest BCUT2D eigenvalue weighted by Gasteiger charge is 2.56. The van der Waals surface area contributed by atoms with E-state index in [2.05, 4.69) is 337 Å². The molecule has 0 amide bonds. The molecule has 16 aromatic rings. The molecule has 6 heteroatoms. The van der Waals surface area contributed by atoms with Gasteiger partial charge in [0.25, 0.3) is 0 Å². The van der Waals surface area contributed by atoms with Crippen molar-refractivity contribution in [1.82, 2.24) is 13.7 Å². The second kappa shape index (κ2) is 19.0. The molecule has 0 bridgehead atoms. The van der Waals surface area contributed by atoms with E-state index in [-0.39, 0.29) is 0 Å². The van der Waals surface area contributed by atoms with Gasteiger partial charge in [0.15, 0.2) is 16.1 Å². The van der Waals surface area contributed by atoms with Crippen LogP contribution in [-0.2, 0) is 0 Å². The van der Waals surface area contributed by atoms with Crippen LogP contribution >= 0.6 is 0 Å². The minimum Gasteiger partial charge on any atom is -0.311 e. The Kier molecular flexibility index (Phi) is 11.0. The summed E-state index contributed by atoms with van der Waals surface area (Å²) in [6.07, 6.45) is 0. The quantitative estimate of drug-likeness (QED) is 0.145. The number of aromatic nitrogens is 3. The average Bonchev–Trinajstić information content (AvgIpc) is 0.853. The number of anilines is 3. The van der Waals surface area contributed by atoms with E-state index in [1.54, 1.807) is 0 Å². The number of fused-ring (bicyclic) bond motifs is 13. The summed E-state index contributed by atoms with van der Waals surface area (Å²) in [6.45, 7) is 8.81. The molecule has 88 heavy (non-hydrogen) atoms. The molecule has 0 saturated carbocycles. The molecule has 0 fully saturated rings. The molecule has 3 aromatic heterocycles. The van der Waals surface area contributed by atoms with E-state index < -0.39 is 16.1 Å². The van der Waals surface area contributed by atoms with E-state index in [9.17, 15) is 0 Å². The Balaban J connectivity index is 0.949. The maximum Gasteiger partial charge on any atom is 0.184 e. The third-order valence-electron chi connectivity index (χ3n) is 19.7. The van der Waals surface area contributed by atoms with Gasteiger partial charge in [-0.15, -0.1) is 0 Å². The Hall–Kier alpha value is -10.5. The maximum absolute atomic E-state index is 3.25. The van der Waals surface area contributed by atoms with Crippen molar-refractivity contribution >= 4 is 140 Å². The molecule has 2 aliphatic rings. The molecule has 18 rings (SSSR count). The van der Waals surface area contributed by atoms with Crippen molar-refractivity contribution in [3.8, 4) is 17.1 Å². The predicted molar refractivity (Wildman–Crippen MR) is 377 cm³/mol. The van der Waals surface area contributed by atoms with Crippen molar-refractivity contribution in [1.29, 1.82) is 0 Å². The van der Waals surface area contributed by atoms with E-state index >= 15 is 0 Å². The van der Waals surface area contributed by atoms with Crippen LogP contribution in [0.5, 0.6) is 0 Å². The van der Waals surface area contributed by atoms with Crippen LogP contribution < -0.4 is 46.4 Å². The number of nitrogens with zero attached hydrogens (tertiary/aromatic N) is 4. The summed E-state index contributed by atoms with van der Waals surface area (Å²) in [6, 6.07) is 113. The van der Waals surface area contributed by atoms with Crippen molar-refractivity contribution in [3.05, 3.63) is 313 Å². The fourth-order valence-corrected chi connectivity index (χ4v) is 26.5. The van der Waals surface area contributed by atoms with E-state index in [4.69, 9.17) is 0 Å². The lowest BCUT2D eigenvalue weighted by Crippen LogP contribution is -2.82. The SMILES string of the molecule is Cc1ccc2c(c1)c1cc(C)ccc1n2-c1ccc2c(c1)c1cc(-n3c4ccc(C)cc4c4cc(C)ccc43)ccc1n2-c1ccc2c(c1)[Si](c1ccccc1)(c1ccccc1)c1cccc3c1N2c1ccccc1[Si]3(c1ccccc1)c1ccccc1. The first kappa shape index (κ1) is 50.8. The molecule has 5 heterocycles. The summed E-state index contributed by atoms with van der Waals surface area (Å²) in [5, 5.41) is 18.6. The van der Waals surface area contributed by atoms with Crippen LogP contribution in [0.4, 0.5) is 17.1 Å². The first-order valence-corrected chi connectivity index (χ1v) is 34.8. The third kappa shape index (κ3) is 6.95. The van der Waals surface area contributed by atoms with E-state index in [1.807, 2.05) is 0 Å². The van der Waals surface area contributed by atoms with Gasteiger partial charge < -0.3 is 18.6 Å². The Morgan fingerprint density at radius 1 is 0.227 bits per heavy atom. The van der Waals surface area contributed by atoms with Gasteiger partial charge in [-0.05, 0) is 178 Å². The third-order valence-corrected chi connectivity index (χ3v) is 29.4. The van der Waals surface area contributed by atoms with Gasteiger partial charge in [-0.25, -0.2) is 0 Å². The number of hydrogen-bond donors (Lipinski definition) is 0. The summed E-state index contributed by atoms with van der Waals surface area (Å²) in [7, 11) is -6.23. The minimum atomic E-state index is -3.25. The highest BCUT2D eigenvalue weighted by atomic mass is 28.3. The maximum atomic E-state index is 2.68. The van der Waals surface area contributed by atoms with Crippen LogP contribution in [-0.4, -0.2) is 29.8 Å². The van der Waals surface area contributed by atoms with Gasteiger partial charge in [0, 0.05) is 66.4 Å². The summed E-state index contributed by atoms with van der Waals surface area (Å²) in [4.78, 5) is 2.68. The van der Waals surface area contributed by atoms with Gasteiger partial charge in [-0.1, -0.05) is 204 Å². The van der Waals surface area contributed by atoms with Gasteiger partial charge in [-0.2, -0.15) is 0 Å². The molecule has 0 aliphatic carbocycles. The van der Waals surface area contributed by atoms with Crippen molar-refractivity contribution in [2.24, 2.45) is 0 Å². The molecule has 0 atom stereocenters. The molecule has 0 N–H and O–H groups in total. The second-order valence-electron chi connectivity index (χ2n) is 24.7. The molecule has 0 unspecified atom stereocenters. The lowest BCUT2D eigenvalue weighted by Gasteiger charge is -2.52. The largest absolute Gasteiger partial charge is 0.311 e. The zero-order valence-corrected chi connectivity index (χ0v) is 51.5. The molecule has 4 nitrogen and oxygen atoms in total. The zero-order chi connectivity index (χ0) is 58.6. The first-order chi connectivity index (χ1) is 43.3. The van der Waals surface area contributed by atoms with E-state index in [0.717, 1.165) is 28.1 Å². The van der Waals surface area contributed by atoms with Crippen LogP contribution in [0, 0.1) is 27.7 Å². The highest BCUT2D eigenvalue weighted by Crippen LogP contribution is 2.45. The predicted octanol–water partition coefficient (Wildman–Crippen LogP) is 15.1. The summed E-state index contributed by atoms with van der Waals surface area (Å²) >= 11 is 0. The van der Waals surface area contributed by atoms with Crippen molar-refractivity contribution < 1.29 is 0 Å². The highest BCUT2D eigenvalue weighted by molar-refractivity contribution is 7.24. The standard InChI is InChI=1S/C82H60N4Si2/c1-53-32-39-70-64(46-53)65-47-54(2)33-40-71(65)83(70)57-36-43-74-68(50-57)69-51-58(84-72-41-34-55(3)48-66(72)67-49-56(4)35-42-73(67)84)37-44-75(69)85(74)59-38-45-77-81(52-59)88(62-24-13-7-14-25-62,63-26-15-8-16-27-63)80-31-19-30-79-82(80)86(77)76-28-17-18-29-78(76)87(79,60-20-9-5-10-21-60)61-22-11-6-12-23-61/h5-52H,1-4H3. The Morgan fingerprint density at radius 3 is 0.920 bits per heavy atom. The monoisotopic (exact) mass is 1160 g/mol. The molecule has 2 aliphatic heterocycles. The molecule has 0 radical (unpaired) electrons. The van der Waals surface area contributed by atoms with E-state index in [0.29, 0.717) is 0 Å². The lowest BCUT2D eigenvalue weighted by atomic mass is 10.1. The van der Waals surface area contributed by atoms with Gasteiger partial charge >= 0.3 is 0 Å². The number of hydrogen-bond acceptors (Lipinski definition) is 1. The molecular formula is C82H60N4Si2. The first-order valence-electron chi connectivity index (χ1n) is 30.8. The normalized spacial score (nSPS) is 13.8. The number of rotatable bonds is 7. The molecule has 416 valence electrons. The smallest absolute Gasteiger partial charge is 0.184 e. The van der Waals surface area contributed by atoms with Crippen molar-refractivity contribution in [3.63, 3.8) is 0 Å². The summed E-state index contributed by atoms with van der Waals surface area (Å²) in [5.74, 6) is 0. The minimum absolute atomic E-state index is 1.14. The van der Waals surface area contributed by atoms with Gasteiger partial charge in [0.2, 0.25) is 0 Å². The number of para-hydroxylation sites is 2. The topological polar surface area (TPSA) is 18.0 Å². The molecule has 0 saturated heterocycles. The molecule has 0 spiro atoms. The van der Waals surface area contributed by atoms with E-state index in [1.165, 1.54) is 135 Å². The van der Waals surface area contributed by atoms with Crippen LogP contribution in [0.2, 0.25) is 0 Å². The molecule has 13 aromatic carbocycles. The number of benzene rings is 13. The Labute approximate surface area is 513 Å². The molecular weight excluding hydrogens is 1100 g/mol. The number of aryl methyl sites for hydroxylation is 4. The van der Waals surface area contributed by atoms with Gasteiger partial charge in [-0.3, -0.25) is 0 Å². The van der Waals surface area contributed by atoms with Crippen LogP contribution in [0.1, 0.15) is 22.3 Å². The van der Waals surface area contributed by atoms with Crippen molar-refractivity contribution in [2.75, 3.05) is 4.90 Å². The summed E-state index contributed by atoms with van der Waals surface area (Å²) < 4.78 is 7.55. The fourth-order valence-electron chi connectivity index (χ4n) is 16.1. The summed E-state index contributed by atoms with van der Waals surface area (Å²) in [5.41, 5.74) is 19.4. The average molecular weight is 1160 g/mol. The van der Waals surface area contributed by atoms with Gasteiger partial charge in [0.1, 0.15) is 0 Å². The lowest BCUT2D eigenvalue weighted by molar-refractivity contribution is 1.16.